The van der Waals surface area contributed by atoms with Crippen LogP contribution in [0.15, 0.2) is 29.1 Å². The zero-order chi connectivity index (χ0) is 20.1. The molecule has 2 N–H and O–H groups in total. The van der Waals surface area contributed by atoms with Gasteiger partial charge in [0.05, 0.1) is 0 Å². The van der Waals surface area contributed by atoms with Gasteiger partial charge < -0.3 is 15.2 Å². The highest BCUT2D eigenvalue weighted by Gasteiger charge is 2.13. The van der Waals surface area contributed by atoms with Crippen LogP contribution in [0.3, 0.4) is 0 Å². The van der Waals surface area contributed by atoms with Crippen LogP contribution in [0, 0.1) is 25.2 Å². The van der Waals surface area contributed by atoms with E-state index >= 15 is 0 Å². The molecule has 0 aliphatic carbocycles. The van der Waals surface area contributed by atoms with Crippen LogP contribution in [0.5, 0.6) is 0 Å². The highest BCUT2D eigenvalue weighted by molar-refractivity contribution is 5.93. The van der Waals surface area contributed by atoms with E-state index in [-0.39, 0.29) is 23.8 Å². The van der Waals surface area contributed by atoms with Gasteiger partial charge in [-0.05, 0) is 55.7 Å². The molecule has 0 radical (unpaired) electrons. The van der Waals surface area contributed by atoms with E-state index < -0.39 is 5.56 Å². The maximum atomic E-state index is 12.2. The van der Waals surface area contributed by atoms with E-state index in [0.717, 1.165) is 11.3 Å². The topological polar surface area (TPSA) is 106 Å². The van der Waals surface area contributed by atoms with Crippen molar-refractivity contribution in [1.29, 1.82) is 5.26 Å². The second kappa shape index (κ2) is 8.32. The molecular weight excluding hydrogens is 344 g/mol. The Bertz CT molecular complexity index is 968. The average molecular weight is 366 g/mol. The smallest absolute Gasteiger partial charge is 0.266 e. The number of hydrogen-bond acceptors (Lipinski definition) is 4. The van der Waals surface area contributed by atoms with Gasteiger partial charge in [0.25, 0.3) is 5.56 Å². The third-order valence-electron chi connectivity index (χ3n) is 4.53. The van der Waals surface area contributed by atoms with Gasteiger partial charge in [-0.15, -0.1) is 0 Å². The van der Waals surface area contributed by atoms with Gasteiger partial charge in [-0.25, -0.2) is 0 Å². The molecule has 0 saturated heterocycles. The lowest BCUT2D eigenvalue weighted by Crippen LogP contribution is -2.22. The lowest BCUT2D eigenvalue weighted by molar-refractivity contribution is -0.117. The molecule has 0 aliphatic heterocycles. The van der Waals surface area contributed by atoms with Crippen molar-refractivity contribution in [2.24, 2.45) is 0 Å². The number of aromatic nitrogens is 1. The summed E-state index contributed by atoms with van der Waals surface area (Å²) in [7, 11) is 1.68. The molecule has 1 aromatic carbocycles. The number of carbonyl (C=O) groups excluding carboxylic acids is 2. The second-order valence-corrected chi connectivity index (χ2v) is 6.34. The third-order valence-corrected chi connectivity index (χ3v) is 4.53. The van der Waals surface area contributed by atoms with Gasteiger partial charge in [0.2, 0.25) is 11.8 Å². The first-order valence-electron chi connectivity index (χ1n) is 8.51. The average Bonchev–Trinajstić information content (AvgIpc) is 2.61. The number of nitriles is 1. The van der Waals surface area contributed by atoms with Crippen molar-refractivity contribution in [3.05, 3.63) is 57.0 Å². The molecule has 0 fully saturated rings. The number of pyridine rings is 1. The second-order valence-electron chi connectivity index (χ2n) is 6.34. The summed E-state index contributed by atoms with van der Waals surface area (Å²) < 4.78 is 0. The lowest BCUT2D eigenvalue weighted by atomic mass is 9.99. The summed E-state index contributed by atoms with van der Waals surface area (Å²) in [5, 5.41) is 11.9. The number of carbonyl (C=O) groups is 2. The first-order valence-corrected chi connectivity index (χ1v) is 8.51. The Morgan fingerprint density at radius 1 is 1.22 bits per heavy atom. The van der Waals surface area contributed by atoms with Crippen LogP contribution >= 0.6 is 0 Å². The number of hydrogen-bond donors (Lipinski definition) is 2. The molecule has 0 atom stereocenters. The molecule has 7 nitrogen and oxygen atoms in total. The van der Waals surface area contributed by atoms with Crippen molar-refractivity contribution >= 4 is 23.2 Å². The Labute approximate surface area is 157 Å². The van der Waals surface area contributed by atoms with Gasteiger partial charge in [-0.3, -0.25) is 14.4 Å². The molecule has 7 heteroatoms. The minimum absolute atomic E-state index is 0.0739. The zero-order valence-corrected chi connectivity index (χ0v) is 15.8. The SMILES string of the molecule is CC(=O)N(C)c1ccc(NC(=O)CCc2c(C)[nH]c(=O)c(C#N)c2C)cc1. The minimum atomic E-state index is -0.406. The summed E-state index contributed by atoms with van der Waals surface area (Å²) in [5.74, 6) is -0.249. The van der Waals surface area contributed by atoms with E-state index in [1.54, 1.807) is 45.2 Å². The summed E-state index contributed by atoms with van der Waals surface area (Å²) >= 11 is 0. The van der Waals surface area contributed by atoms with Gasteiger partial charge in [-0.2, -0.15) is 5.26 Å². The molecule has 0 spiro atoms. The van der Waals surface area contributed by atoms with Crippen molar-refractivity contribution in [3.8, 4) is 6.07 Å². The molecular formula is C20H22N4O3. The van der Waals surface area contributed by atoms with E-state index in [0.29, 0.717) is 23.4 Å². The summed E-state index contributed by atoms with van der Waals surface area (Å²) in [6, 6.07) is 8.89. The molecule has 140 valence electrons. The fraction of sp³-hybridized carbons (Fsp3) is 0.300. The number of aryl methyl sites for hydroxylation is 1. The standard InChI is InChI=1S/C20H22N4O3/c1-12-17(13(2)22-20(27)18(12)11-21)9-10-19(26)23-15-5-7-16(8-6-15)24(4)14(3)25/h5-8H,9-10H2,1-4H3,(H,22,27)(H,23,26). The molecule has 1 heterocycles. The maximum absolute atomic E-state index is 12.2. The monoisotopic (exact) mass is 366 g/mol. The normalized spacial score (nSPS) is 10.2. The van der Waals surface area contributed by atoms with Crippen LogP contribution in [-0.2, 0) is 16.0 Å². The van der Waals surface area contributed by atoms with E-state index in [4.69, 9.17) is 5.26 Å². The Hall–Kier alpha value is -3.40. The van der Waals surface area contributed by atoms with Crippen LogP contribution in [0.2, 0.25) is 0 Å². The van der Waals surface area contributed by atoms with Crippen LogP contribution in [0.4, 0.5) is 11.4 Å². The Morgan fingerprint density at radius 3 is 2.41 bits per heavy atom. The zero-order valence-electron chi connectivity index (χ0n) is 15.8. The Balaban J connectivity index is 2.04. The number of nitrogens with zero attached hydrogens (tertiary/aromatic N) is 2. The third kappa shape index (κ3) is 4.61. The van der Waals surface area contributed by atoms with Gasteiger partial charge in [-0.1, -0.05) is 0 Å². The molecule has 0 bridgehead atoms. The summed E-state index contributed by atoms with van der Waals surface area (Å²) in [6.45, 7) is 4.96. The fourth-order valence-electron chi connectivity index (χ4n) is 2.83. The number of nitrogens with one attached hydrogen (secondary N) is 2. The predicted octanol–water partition coefficient (Wildman–Crippen LogP) is 2.42. The van der Waals surface area contributed by atoms with Crippen LogP contribution in [0.25, 0.3) is 0 Å². The number of rotatable bonds is 5. The minimum Gasteiger partial charge on any atom is -0.326 e. The number of anilines is 2. The van der Waals surface area contributed by atoms with E-state index in [1.165, 1.54) is 11.8 Å². The van der Waals surface area contributed by atoms with Crippen LogP contribution < -0.4 is 15.8 Å². The number of amides is 2. The van der Waals surface area contributed by atoms with Gasteiger partial charge >= 0.3 is 0 Å². The number of H-pyrrole nitrogens is 1. The highest BCUT2D eigenvalue weighted by Crippen LogP contribution is 2.18. The molecule has 1 aromatic heterocycles. The maximum Gasteiger partial charge on any atom is 0.266 e. The Kier molecular flexibility index (Phi) is 6.14. The molecule has 0 saturated carbocycles. The predicted molar refractivity (Wildman–Crippen MR) is 104 cm³/mol. The first-order chi connectivity index (χ1) is 12.7. The van der Waals surface area contributed by atoms with E-state index in [9.17, 15) is 14.4 Å². The summed E-state index contributed by atoms with van der Waals surface area (Å²) in [5.41, 5.74) is 3.14. The van der Waals surface area contributed by atoms with Crippen molar-refractivity contribution in [1.82, 2.24) is 4.98 Å². The van der Waals surface area contributed by atoms with Crippen molar-refractivity contribution in [3.63, 3.8) is 0 Å². The highest BCUT2D eigenvalue weighted by atomic mass is 16.2. The van der Waals surface area contributed by atoms with E-state index in [1.807, 2.05) is 6.07 Å². The van der Waals surface area contributed by atoms with Gasteiger partial charge in [0, 0.05) is 37.5 Å². The van der Waals surface area contributed by atoms with Crippen LogP contribution in [0.1, 0.15) is 35.7 Å². The van der Waals surface area contributed by atoms with Crippen molar-refractivity contribution in [2.45, 2.75) is 33.6 Å². The van der Waals surface area contributed by atoms with Gasteiger partial charge in [0.1, 0.15) is 11.6 Å². The van der Waals surface area contributed by atoms with Crippen molar-refractivity contribution < 1.29 is 9.59 Å². The number of benzene rings is 1. The largest absolute Gasteiger partial charge is 0.326 e. The van der Waals surface area contributed by atoms with Crippen LogP contribution in [-0.4, -0.2) is 23.8 Å². The molecule has 0 aliphatic rings. The summed E-state index contributed by atoms with van der Waals surface area (Å²) in [4.78, 5) is 39.5. The first kappa shape index (κ1) is 19.9. The molecule has 27 heavy (non-hydrogen) atoms. The summed E-state index contributed by atoms with van der Waals surface area (Å²) in [6.07, 6.45) is 0.633. The quantitative estimate of drug-likeness (QED) is 0.847. The van der Waals surface area contributed by atoms with E-state index in [2.05, 4.69) is 10.3 Å². The van der Waals surface area contributed by atoms with Crippen molar-refractivity contribution in [2.75, 3.05) is 17.3 Å². The molecule has 2 amide bonds. The Morgan fingerprint density at radius 2 is 1.85 bits per heavy atom. The number of aromatic amines is 1. The fourth-order valence-corrected chi connectivity index (χ4v) is 2.83. The molecule has 0 unspecified atom stereocenters. The molecule has 2 aromatic rings. The molecule has 2 rings (SSSR count). The van der Waals surface area contributed by atoms with Gasteiger partial charge in [0.15, 0.2) is 0 Å². The lowest BCUT2D eigenvalue weighted by Gasteiger charge is -2.15.